The summed E-state index contributed by atoms with van der Waals surface area (Å²) >= 11 is 1.55. The molecule has 2 heterocycles. The minimum atomic E-state index is -0.749. The fraction of sp³-hybridized carbons (Fsp3) is 0.0714. The van der Waals surface area contributed by atoms with Gasteiger partial charge in [0.05, 0.1) is 11.4 Å². The third-order valence-electron chi connectivity index (χ3n) is 2.84. The number of H-pyrrole nitrogens is 2. The van der Waals surface area contributed by atoms with Crippen LogP contribution < -0.4 is 0 Å². The Hall–Kier alpha value is -2.74. The molecule has 0 bridgehead atoms. The molecule has 0 saturated heterocycles. The number of aromatic nitrogens is 5. The van der Waals surface area contributed by atoms with Crippen LogP contribution in [0.3, 0.4) is 0 Å². The summed E-state index contributed by atoms with van der Waals surface area (Å²) in [6.45, 7) is 0. The van der Waals surface area contributed by atoms with Crippen LogP contribution in [0.1, 0.15) is 16.3 Å². The number of nitrogens with one attached hydrogen (secondary N) is 2. The van der Waals surface area contributed by atoms with E-state index < -0.39 is 11.6 Å². The van der Waals surface area contributed by atoms with Crippen molar-refractivity contribution in [2.24, 2.45) is 0 Å². The van der Waals surface area contributed by atoms with Crippen LogP contribution in [0, 0.1) is 0 Å². The van der Waals surface area contributed by atoms with Crippen molar-refractivity contribution in [1.29, 1.82) is 0 Å². The molecule has 0 saturated carbocycles. The molecule has 110 valence electrons. The molecule has 7 nitrogen and oxygen atoms in total. The van der Waals surface area contributed by atoms with Crippen molar-refractivity contribution in [3.05, 3.63) is 54.0 Å². The van der Waals surface area contributed by atoms with Crippen LogP contribution in [0.4, 0.5) is 0 Å². The van der Waals surface area contributed by atoms with Gasteiger partial charge in [-0.1, -0.05) is 30.0 Å². The Kier molecular flexibility index (Phi) is 4.10. The predicted octanol–water partition coefficient (Wildman–Crippen LogP) is 1.67. The van der Waals surface area contributed by atoms with Crippen LogP contribution in [-0.4, -0.2) is 37.2 Å². The highest BCUT2D eigenvalue weighted by molar-refractivity contribution is 7.99. The molecular formula is C14H11N5O2S. The van der Waals surface area contributed by atoms with Gasteiger partial charge in [-0.3, -0.25) is 9.59 Å². The molecule has 2 N–H and O–H groups in total. The molecule has 1 aromatic carbocycles. The Morgan fingerprint density at radius 1 is 1.09 bits per heavy atom. The van der Waals surface area contributed by atoms with Crippen molar-refractivity contribution < 1.29 is 9.59 Å². The Bertz CT molecular complexity index is 783. The van der Waals surface area contributed by atoms with Crippen LogP contribution in [0.25, 0.3) is 0 Å². The standard InChI is InChI=1S/C14H11N5O2S/c20-11(13(21)14-16-18-19-17-14)8-9-6-7-12(15-9)22-10-4-2-1-3-5-10/h1-7,15H,8H2,(H,16,17,18,19). The predicted molar refractivity (Wildman–Crippen MR) is 78.6 cm³/mol. The first-order chi connectivity index (χ1) is 10.7. The molecule has 0 spiro atoms. The van der Waals surface area contributed by atoms with Gasteiger partial charge < -0.3 is 4.98 Å². The van der Waals surface area contributed by atoms with Gasteiger partial charge in [-0.2, -0.15) is 5.21 Å². The third-order valence-corrected chi connectivity index (χ3v) is 3.81. The van der Waals surface area contributed by atoms with E-state index in [0.717, 1.165) is 9.92 Å². The van der Waals surface area contributed by atoms with Crippen molar-refractivity contribution in [2.75, 3.05) is 0 Å². The number of hydrogen-bond donors (Lipinski definition) is 2. The molecule has 2 aromatic heterocycles. The minimum absolute atomic E-state index is 0.0251. The van der Waals surface area contributed by atoms with Gasteiger partial charge in [0.2, 0.25) is 11.6 Å². The van der Waals surface area contributed by atoms with Gasteiger partial charge in [0.1, 0.15) is 0 Å². The summed E-state index contributed by atoms with van der Waals surface area (Å²) in [5, 5.41) is 13.3. The number of tetrazole rings is 1. The van der Waals surface area contributed by atoms with E-state index in [4.69, 9.17) is 0 Å². The van der Waals surface area contributed by atoms with E-state index in [0.29, 0.717) is 5.69 Å². The topological polar surface area (TPSA) is 104 Å². The largest absolute Gasteiger partial charge is 0.353 e. The second kappa shape index (κ2) is 6.35. The van der Waals surface area contributed by atoms with Gasteiger partial charge in [-0.15, -0.1) is 10.2 Å². The first-order valence-electron chi connectivity index (χ1n) is 6.44. The lowest BCUT2D eigenvalue weighted by molar-refractivity contribution is -0.114. The van der Waals surface area contributed by atoms with Crippen molar-refractivity contribution in [3.63, 3.8) is 0 Å². The molecule has 0 aliphatic heterocycles. The zero-order valence-electron chi connectivity index (χ0n) is 11.3. The second-order valence-electron chi connectivity index (χ2n) is 4.43. The van der Waals surface area contributed by atoms with E-state index in [2.05, 4.69) is 25.6 Å². The fourth-order valence-electron chi connectivity index (χ4n) is 1.83. The summed E-state index contributed by atoms with van der Waals surface area (Å²) in [6, 6.07) is 13.5. The number of nitrogens with zero attached hydrogens (tertiary/aromatic N) is 3. The SMILES string of the molecule is O=C(Cc1ccc(Sc2ccccc2)[nH]1)C(=O)c1nn[nH]n1. The molecule has 3 rings (SSSR count). The third kappa shape index (κ3) is 3.29. The molecule has 0 unspecified atom stereocenters. The second-order valence-corrected chi connectivity index (χ2v) is 5.54. The molecule has 0 radical (unpaired) electrons. The smallest absolute Gasteiger partial charge is 0.269 e. The van der Waals surface area contributed by atoms with E-state index in [9.17, 15) is 9.59 Å². The number of hydrogen-bond acceptors (Lipinski definition) is 6. The van der Waals surface area contributed by atoms with Crippen molar-refractivity contribution in [1.82, 2.24) is 25.6 Å². The quantitative estimate of drug-likeness (QED) is 0.530. The van der Waals surface area contributed by atoms with Crippen LogP contribution in [0.15, 0.2) is 52.4 Å². The zero-order chi connectivity index (χ0) is 15.4. The molecule has 0 fully saturated rings. The molecule has 8 heteroatoms. The van der Waals surface area contributed by atoms with Crippen molar-refractivity contribution in [3.8, 4) is 0 Å². The summed E-state index contributed by atoms with van der Waals surface area (Å²) in [4.78, 5) is 27.8. The van der Waals surface area contributed by atoms with Gasteiger partial charge in [-0.05, 0) is 29.5 Å². The first-order valence-corrected chi connectivity index (χ1v) is 7.26. The lowest BCUT2D eigenvalue weighted by atomic mass is 10.1. The summed E-state index contributed by atoms with van der Waals surface area (Å²) in [6.07, 6.45) is -0.0251. The number of carbonyl (C=O) groups excluding carboxylic acids is 2. The number of Topliss-reactive ketones (excluding diaryl/α,β-unsaturated/α-hetero) is 2. The summed E-state index contributed by atoms with van der Waals surface area (Å²) in [5.74, 6) is -1.55. The van der Waals surface area contributed by atoms with Crippen LogP contribution in [0.5, 0.6) is 0 Å². The minimum Gasteiger partial charge on any atom is -0.353 e. The van der Waals surface area contributed by atoms with Crippen molar-refractivity contribution in [2.45, 2.75) is 16.3 Å². The normalized spacial score (nSPS) is 10.5. The maximum Gasteiger partial charge on any atom is 0.269 e. The molecule has 22 heavy (non-hydrogen) atoms. The van der Waals surface area contributed by atoms with E-state index in [1.807, 2.05) is 36.4 Å². The molecular weight excluding hydrogens is 302 g/mol. The maximum absolute atomic E-state index is 11.9. The maximum atomic E-state index is 11.9. The van der Waals surface area contributed by atoms with Crippen molar-refractivity contribution >= 4 is 23.3 Å². The molecule has 0 atom stereocenters. The highest BCUT2D eigenvalue weighted by atomic mass is 32.2. The first kappa shape index (κ1) is 14.2. The number of ketones is 2. The number of benzene rings is 1. The zero-order valence-corrected chi connectivity index (χ0v) is 12.1. The van der Waals surface area contributed by atoms with E-state index in [-0.39, 0.29) is 12.2 Å². The molecule has 3 aromatic rings. The Labute approximate surface area is 129 Å². The number of aromatic amines is 2. The van der Waals surface area contributed by atoms with E-state index in [1.165, 1.54) is 0 Å². The van der Waals surface area contributed by atoms with Gasteiger partial charge in [-0.25, -0.2) is 0 Å². The number of carbonyl (C=O) groups is 2. The van der Waals surface area contributed by atoms with Gasteiger partial charge in [0.25, 0.3) is 5.78 Å². The van der Waals surface area contributed by atoms with E-state index >= 15 is 0 Å². The average Bonchev–Trinajstić information content (AvgIpc) is 3.19. The molecule has 0 amide bonds. The lowest BCUT2D eigenvalue weighted by Gasteiger charge is -1.98. The molecule has 0 aliphatic rings. The average molecular weight is 313 g/mol. The highest BCUT2D eigenvalue weighted by Gasteiger charge is 2.21. The Morgan fingerprint density at radius 3 is 2.64 bits per heavy atom. The van der Waals surface area contributed by atoms with Gasteiger partial charge >= 0.3 is 0 Å². The van der Waals surface area contributed by atoms with E-state index in [1.54, 1.807) is 17.8 Å². The van der Waals surface area contributed by atoms with Gasteiger partial charge in [0, 0.05) is 10.6 Å². The summed E-state index contributed by atoms with van der Waals surface area (Å²) in [7, 11) is 0. The highest BCUT2D eigenvalue weighted by Crippen LogP contribution is 2.26. The molecule has 0 aliphatic carbocycles. The van der Waals surface area contributed by atoms with Crippen LogP contribution in [-0.2, 0) is 11.2 Å². The summed E-state index contributed by atoms with van der Waals surface area (Å²) in [5.41, 5.74) is 0.667. The Balaban J connectivity index is 1.64. The fourth-order valence-corrected chi connectivity index (χ4v) is 2.70. The van der Waals surface area contributed by atoms with Crippen LogP contribution >= 0.6 is 11.8 Å². The lowest BCUT2D eigenvalue weighted by Crippen LogP contribution is -2.18. The summed E-state index contributed by atoms with van der Waals surface area (Å²) < 4.78 is 0. The number of rotatable bonds is 6. The van der Waals surface area contributed by atoms with Crippen LogP contribution in [0.2, 0.25) is 0 Å². The Morgan fingerprint density at radius 2 is 1.91 bits per heavy atom. The monoisotopic (exact) mass is 313 g/mol. The van der Waals surface area contributed by atoms with Gasteiger partial charge in [0.15, 0.2) is 0 Å².